The molecule has 146 valence electrons. The fourth-order valence-corrected chi connectivity index (χ4v) is 3.03. The van der Waals surface area contributed by atoms with Crippen molar-refractivity contribution in [3.05, 3.63) is 58.6 Å². The highest BCUT2D eigenvalue weighted by Crippen LogP contribution is 2.30. The van der Waals surface area contributed by atoms with Crippen LogP contribution in [0, 0.1) is 5.92 Å². The first kappa shape index (κ1) is 19.7. The van der Waals surface area contributed by atoms with Crippen LogP contribution in [0.5, 0.6) is 11.5 Å². The molecule has 0 spiro atoms. The zero-order valence-corrected chi connectivity index (χ0v) is 15.8. The summed E-state index contributed by atoms with van der Waals surface area (Å²) < 4.78 is 15.7. The fraction of sp³-hybridized carbons (Fsp3) is 0.250. The van der Waals surface area contributed by atoms with Crippen molar-refractivity contribution in [3.8, 4) is 11.5 Å². The van der Waals surface area contributed by atoms with E-state index >= 15 is 0 Å². The molecule has 0 aromatic heterocycles. The van der Waals surface area contributed by atoms with Crippen molar-refractivity contribution in [2.45, 2.75) is 6.42 Å². The molecule has 1 heterocycles. The van der Waals surface area contributed by atoms with E-state index in [2.05, 4.69) is 5.32 Å². The SMILES string of the molecule is COc1ccccc1C(=O)NC(=O)COC(=O)[C@@H]1COc2ccc(Cl)cc2C1. The van der Waals surface area contributed by atoms with E-state index < -0.39 is 30.3 Å². The van der Waals surface area contributed by atoms with Crippen molar-refractivity contribution in [1.82, 2.24) is 5.32 Å². The van der Waals surface area contributed by atoms with E-state index in [4.69, 9.17) is 25.8 Å². The molecule has 1 atom stereocenters. The topological polar surface area (TPSA) is 90.9 Å². The van der Waals surface area contributed by atoms with Gasteiger partial charge in [0.2, 0.25) is 0 Å². The summed E-state index contributed by atoms with van der Waals surface area (Å²) in [6.07, 6.45) is 0.399. The first-order chi connectivity index (χ1) is 13.5. The van der Waals surface area contributed by atoms with E-state index in [0.29, 0.717) is 22.9 Å². The number of hydrogen-bond acceptors (Lipinski definition) is 6. The molecule has 2 aromatic rings. The van der Waals surface area contributed by atoms with Crippen molar-refractivity contribution in [1.29, 1.82) is 0 Å². The summed E-state index contributed by atoms with van der Waals surface area (Å²) in [5.41, 5.74) is 1.01. The van der Waals surface area contributed by atoms with Gasteiger partial charge in [-0.05, 0) is 42.3 Å². The van der Waals surface area contributed by atoms with E-state index in [9.17, 15) is 14.4 Å². The largest absolute Gasteiger partial charge is 0.496 e. The van der Waals surface area contributed by atoms with Gasteiger partial charge in [-0.25, -0.2) is 0 Å². The molecule has 0 aliphatic carbocycles. The van der Waals surface area contributed by atoms with Crippen LogP contribution < -0.4 is 14.8 Å². The van der Waals surface area contributed by atoms with Crippen LogP contribution in [0.25, 0.3) is 0 Å². The smallest absolute Gasteiger partial charge is 0.313 e. The number of benzene rings is 2. The van der Waals surface area contributed by atoms with Crippen molar-refractivity contribution in [2.75, 3.05) is 20.3 Å². The second-order valence-corrected chi connectivity index (χ2v) is 6.59. The Bertz CT molecular complexity index is 913. The minimum atomic E-state index is -0.732. The molecule has 8 heteroatoms. The highest BCUT2D eigenvalue weighted by atomic mass is 35.5. The molecule has 0 fully saturated rings. The second-order valence-electron chi connectivity index (χ2n) is 6.15. The fourth-order valence-electron chi connectivity index (χ4n) is 2.83. The Morgan fingerprint density at radius 1 is 1.21 bits per heavy atom. The summed E-state index contributed by atoms with van der Waals surface area (Å²) in [5, 5.41) is 2.72. The predicted molar refractivity (Wildman–Crippen MR) is 101 cm³/mol. The maximum Gasteiger partial charge on any atom is 0.313 e. The summed E-state index contributed by atoms with van der Waals surface area (Å²) >= 11 is 5.96. The van der Waals surface area contributed by atoms with Gasteiger partial charge in [-0.15, -0.1) is 0 Å². The summed E-state index contributed by atoms with van der Waals surface area (Å²) in [6.45, 7) is -0.423. The summed E-state index contributed by atoms with van der Waals surface area (Å²) in [4.78, 5) is 36.4. The van der Waals surface area contributed by atoms with Crippen LogP contribution in [-0.4, -0.2) is 38.1 Å². The number of para-hydroxylation sites is 1. The molecule has 2 amide bonds. The monoisotopic (exact) mass is 403 g/mol. The summed E-state index contributed by atoms with van der Waals surface area (Å²) in [7, 11) is 1.42. The molecule has 1 N–H and O–H groups in total. The number of amides is 2. The number of nitrogens with one attached hydrogen (secondary N) is 1. The molecule has 1 aliphatic rings. The molecule has 2 aromatic carbocycles. The number of halogens is 1. The van der Waals surface area contributed by atoms with Crippen LogP contribution in [0.3, 0.4) is 0 Å². The Kier molecular flexibility index (Phi) is 6.16. The lowest BCUT2D eigenvalue weighted by Gasteiger charge is -2.24. The Morgan fingerprint density at radius 3 is 2.79 bits per heavy atom. The van der Waals surface area contributed by atoms with Gasteiger partial charge in [-0.2, -0.15) is 0 Å². The van der Waals surface area contributed by atoms with Crippen LogP contribution in [0.1, 0.15) is 15.9 Å². The number of esters is 1. The number of imide groups is 1. The Balaban J connectivity index is 1.52. The third-order valence-electron chi connectivity index (χ3n) is 4.21. The second kappa shape index (κ2) is 8.75. The molecule has 0 unspecified atom stereocenters. The third kappa shape index (κ3) is 4.61. The average Bonchev–Trinajstić information content (AvgIpc) is 2.71. The van der Waals surface area contributed by atoms with Crippen LogP contribution in [0.2, 0.25) is 5.02 Å². The lowest BCUT2D eigenvalue weighted by molar-refractivity contribution is -0.153. The van der Waals surface area contributed by atoms with Gasteiger partial charge in [0.15, 0.2) is 6.61 Å². The van der Waals surface area contributed by atoms with E-state index in [1.54, 1.807) is 36.4 Å². The van der Waals surface area contributed by atoms with Crippen LogP contribution in [0.4, 0.5) is 0 Å². The number of fused-ring (bicyclic) bond motifs is 1. The molecule has 28 heavy (non-hydrogen) atoms. The third-order valence-corrected chi connectivity index (χ3v) is 4.45. The zero-order chi connectivity index (χ0) is 20.1. The number of methoxy groups -OCH3 is 1. The molecule has 0 radical (unpaired) electrons. The standard InChI is InChI=1S/C20H18ClNO6/c1-26-17-5-3-2-4-15(17)19(24)22-18(23)11-28-20(25)13-8-12-9-14(21)6-7-16(12)27-10-13/h2-7,9,13H,8,10-11H2,1H3,(H,22,23,24)/t13-/m0/s1. The highest BCUT2D eigenvalue weighted by Gasteiger charge is 2.28. The molecule has 7 nitrogen and oxygen atoms in total. The molecule has 0 saturated heterocycles. The number of hydrogen-bond donors (Lipinski definition) is 1. The maximum absolute atomic E-state index is 12.2. The average molecular weight is 404 g/mol. The number of carbonyl (C=O) groups excluding carboxylic acids is 3. The van der Waals surface area contributed by atoms with Crippen molar-refractivity contribution in [2.24, 2.45) is 5.92 Å². The molecule has 0 saturated carbocycles. The van der Waals surface area contributed by atoms with Gasteiger partial charge in [-0.3, -0.25) is 19.7 Å². The number of ether oxygens (including phenoxy) is 3. The zero-order valence-electron chi connectivity index (χ0n) is 15.1. The first-order valence-corrected chi connectivity index (χ1v) is 8.90. The Hall–Kier alpha value is -3.06. The molecular formula is C20H18ClNO6. The van der Waals surface area contributed by atoms with Gasteiger partial charge in [-0.1, -0.05) is 23.7 Å². The van der Waals surface area contributed by atoms with E-state index in [0.717, 1.165) is 5.56 Å². The van der Waals surface area contributed by atoms with E-state index in [1.807, 2.05) is 0 Å². The molecule has 0 bridgehead atoms. The van der Waals surface area contributed by atoms with Gasteiger partial charge < -0.3 is 14.2 Å². The van der Waals surface area contributed by atoms with Gasteiger partial charge in [0.25, 0.3) is 11.8 Å². The first-order valence-electron chi connectivity index (χ1n) is 8.53. The predicted octanol–water partition coefficient (Wildman–Crippen LogP) is 2.40. The maximum atomic E-state index is 12.2. The quantitative estimate of drug-likeness (QED) is 0.771. The molecule has 3 rings (SSSR count). The van der Waals surface area contributed by atoms with Crippen LogP contribution >= 0.6 is 11.6 Å². The van der Waals surface area contributed by atoms with Crippen molar-refractivity contribution < 1.29 is 28.6 Å². The van der Waals surface area contributed by atoms with Gasteiger partial charge >= 0.3 is 5.97 Å². The highest BCUT2D eigenvalue weighted by molar-refractivity contribution is 6.30. The lowest BCUT2D eigenvalue weighted by atomic mass is 9.97. The Morgan fingerprint density at radius 2 is 2.00 bits per heavy atom. The molecule has 1 aliphatic heterocycles. The van der Waals surface area contributed by atoms with Crippen LogP contribution in [-0.2, 0) is 20.7 Å². The van der Waals surface area contributed by atoms with E-state index in [-0.39, 0.29) is 12.2 Å². The lowest BCUT2D eigenvalue weighted by Crippen LogP contribution is -2.36. The normalized spacial score (nSPS) is 15.0. The van der Waals surface area contributed by atoms with Gasteiger partial charge in [0.1, 0.15) is 18.1 Å². The molecular weight excluding hydrogens is 386 g/mol. The summed E-state index contributed by atoms with van der Waals surface area (Å²) in [6, 6.07) is 11.7. The van der Waals surface area contributed by atoms with Crippen molar-refractivity contribution in [3.63, 3.8) is 0 Å². The summed E-state index contributed by atoms with van der Waals surface area (Å²) in [5.74, 6) is -1.49. The minimum Gasteiger partial charge on any atom is -0.496 e. The van der Waals surface area contributed by atoms with Gasteiger partial charge in [0, 0.05) is 5.02 Å². The van der Waals surface area contributed by atoms with Crippen LogP contribution in [0.15, 0.2) is 42.5 Å². The van der Waals surface area contributed by atoms with E-state index in [1.165, 1.54) is 13.2 Å². The Labute approximate surface area is 166 Å². The van der Waals surface area contributed by atoms with Gasteiger partial charge in [0.05, 0.1) is 18.6 Å². The number of carbonyl (C=O) groups is 3. The number of rotatable bonds is 5. The minimum absolute atomic E-state index is 0.148. The van der Waals surface area contributed by atoms with Crippen molar-refractivity contribution >= 4 is 29.4 Å².